The Morgan fingerprint density at radius 2 is 1.73 bits per heavy atom. The smallest absolute Gasteiger partial charge is 0.366 e. The van der Waals surface area contributed by atoms with Gasteiger partial charge in [0.1, 0.15) is 24.4 Å². The van der Waals surface area contributed by atoms with Gasteiger partial charge in [-0.3, -0.25) is 24.0 Å². The minimum Gasteiger partial charge on any atom is -0.465 e. The van der Waals surface area contributed by atoms with E-state index in [-0.39, 0.29) is 25.6 Å². The van der Waals surface area contributed by atoms with Crippen LogP contribution >= 0.6 is 0 Å². The second kappa shape index (κ2) is 20.8. The fourth-order valence-electron chi connectivity index (χ4n) is 4.80. The molecule has 1 rings (SSSR count). The number of terminal acetylenes is 1. The van der Waals surface area contributed by atoms with E-state index in [0.717, 1.165) is 27.9 Å². The summed E-state index contributed by atoms with van der Waals surface area (Å²) in [5.41, 5.74) is 8.37. The van der Waals surface area contributed by atoms with Crippen LogP contribution in [0.5, 0.6) is 0 Å². The van der Waals surface area contributed by atoms with E-state index in [1.54, 1.807) is 20.8 Å². The predicted octanol–water partition coefficient (Wildman–Crippen LogP) is 1.80. The van der Waals surface area contributed by atoms with Gasteiger partial charge in [0.2, 0.25) is 0 Å². The van der Waals surface area contributed by atoms with E-state index < -0.39 is 91.2 Å². The Morgan fingerprint density at radius 1 is 1.06 bits per heavy atom. The molecule has 1 amide bonds. The molecule has 0 unspecified atom stereocenters. The number of nitrogens with one attached hydrogen (secondary N) is 1. The number of ether oxygens (including phenoxy) is 8. The molecule has 6 atom stereocenters. The molecule has 274 valence electrons. The zero-order valence-corrected chi connectivity index (χ0v) is 28.9. The summed E-state index contributed by atoms with van der Waals surface area (Å²) < 4.78 is 44.1. The minimum absolute atomic E-state index is 0.105. The largest absolute Gasteiger partial charge is 0.465 e. The van der Waals surface area contributed by atoms with Gasteiger partial charge in [-0.15, -0.1) is 6.42 Å². The highest BCUT2D eigenvalue weighted by atomic mass is 16.7. The van der Waals surface area contributed by atoms with Crippen molar-refractivity contribution in [2.45, 2.75) is 115 Å². The van der Waals surface area contributed by atoms with E-state index in [0.29, 0.717) is 19.3 Å². The van der Waals surface area contributed by atoms with Gasteiger partial charge in [0.05, 0.1) is 32.4 Å². The molecule has 0 aromatic rings. The number of hydrogen-bond donors (Lipinski definition) is 1. The third-order valence-electron chi connectivity index (χ3n) is 6.58. The molecule has 0 radical (unpaired) electrons. The Morgan fingerprint density at radius 3 is 2.29 bits per heavy atom. The summed E-state index contributed by atoms with van der Waals surface area (Å²) in [5.74, 6) is -4.74. The van der Waals surface area contributed by atoms with Crippen LogP contribution in [-0.4, -0.2) is 111 Å². The van der Waals surface area contributed by atoms with Crippen molar-refractivity contribution in [3.05, 3.63) is 10.4 Å². The first-order valence-electron chi connectivity index (χ1n) is 15.4. The average molecular weight is 699 g/mol. The summed E-state index contributed by atoms with van der Waals surface area (Å²) in [7, 11) is 1.07. The second-order valence-corrected chi connectivity index (χ2v) is 11.8. The molecule has 18 heteroatoms. The average Bonchev–Trinajstić information content (AvgIpc) is 3.00. The molecular weight excluding hydrogens is 652 g/mol. The zero-order valence-electron chi connectivity index (χ0n) is 28.9. The number of amides is 1. The second-order valence-electron chi connectivity index (χ2n) is 11.8. The maximum atomic E-state index is 13.4. The number of nitrogens with zero attached hydrogens (tertiary/aromatic N) is 3. The highest BCUT2D eigenvalue weighted by molar-refractivity contribution is 5.81. The predicted molar refractivity (Wildman–Crippen MR) is 167 cm³/mol. The number of carbonyl (C=O) groups excluding carboxylic acids is 6. The number of rotatable bonds is 19. The lowest BCUT2D eigenvalue weighted by atomic mass is 9.87. The van der Waals surface area contributed by atoms with Crippen molar-refractivity contribution in [3.8, 4) is 12.3 Å². The third kappa shape index (κ3) is 15.6. The molecule has 1 aliphatic heterocycles. The summed E-state index contributed by atoms with van der Waals surface area (Å²) in [6.07, 6.45) is 0.435. The third-order valence-corrected chi connectivity index (χ3v) is 6.58. The molecule has 1 heterocycles. The minimum atomic E-state index is -2.27. The quantitative estimate of drug-likeness (QED) is 0.0385. The lowest BCUT2D eigenvalue weighted by Crippen LogP contribution is -2.69. The summed E-state index contributed by atoms with van der Waals surface area (Å²) in [5, 5.41) is 6.03. The van der Waals surface area contributed by atoms with Crippen molar-refractivity contribution < 1.29 is 66.7 Å². The van der Waals surface area contributed by atoms with E-state index >= 15 is 0 Å². The van der Waals surface area contributed by atoms with E-state index in [1.807, 2.05) is 0 Å². The van der Waals surface area contributed by atoms with Crippen LogP contribution in [0.1, 0.15) is 73.6 Å². The Kier molecular flexibility index (Phi) is 18.1. The molecule has 0 aromatic heterocycles. The van der Waals surface area contributed by atoms with E-state index in [2.05, 4.69) is 21.3 Å². The molecule has 1 saturated heterocycles. The normalized spacial score (nSPS) is 21.4. The number of methoxy groups -OCH3 is 1. The van der Waals surface area contributed by atoms with Crippen LogP contribution in [0.3, 0.4) is 0 Å². The number of azide groups is 1. The fraction of sp³-hybridized carbons (Fsp3) is 0.742. The van der Waals surface area contributed by atoms with Gasteiger partial charge in [-0.05, 0) is 39.1 Å². The first kappa shape index (κ1) is 42.6. The number of hydrogen-bond acceptors (Lipinski definition) is 15. The summed E-state index contributed by atoms with van der Waals surface area (Å²) in [6.45, 7) is 6.73. The Hall–Kier alpha value is -4.43. The number of esters is 5. The van der Waals surface area contributed by atoms with Gasteiger partial charge in [-0.1, -0.05) is 17.5 Å². The molecule has 0 aliphatic carbocycles. The molecule has 1 aliphatic rings. The molecule has 0 aromatic carbocycles. The van der Waals surface area contributed by atoms with Crippen LogP contribution in [0, 0.1) is 12.3 Å². The molecule has 0 bridgehead atoms. The van der Waals surface area contributed by atoms with Gasteiger partial charge in [-0.2, -0.15) is 0 Å². The van der Waals surface area contributed by atoms with E-state index in [1.165, 1.54) is 0 Å². The van der Waals surface area contributed by atoms with Crippen molar-refractivity contribution in [1.82, 2.24) is 5.32 Å². The van der Waals surface area contributed by atoms with Crippen LogP contribution in [0.25, 0.3) is 10.4 Å². The van der Waals surface area contributed by atoms with Crippen LogP contribution in [0.4, 0.5) is 0 Å². The number of unbranched alkanes of at least 4 members (excludes halogenated alkanes) is 2. The van der Waals surface area contributed by atoms with Crippen molar-refractivity contribution in [2.24, 2.45) is 5.11 Å². The van der Waals surface area contributed by atoms with Gasteiger partial charge in [-0.25, -0.2) is 4.79 Å². The van der Waals surface area contributed by atoms with Gasteiger partial charge in [0.15, 0.2) is 12.7 Å². The van der Waals surface area contributed by atoms with E-state index in [9.17, 15) is 28.8 Å². The van der Waals surface area contributed by atoms with Crippen molar-refractivity contribution in [3.63, 3.8) is 0 Å². The van der Waals surface area contributed by atoms with Gasteiger partial charge >= 0.3 is 29.8 Å². The molecule has 1 fully saturated rings. The van der Waals surface area contributed by atoms with E-state index in [4.69, 9.17) is 49.8 Å². The van der Waals surface area contributed by atoms with Crippen LogP contribution in [0.2, 0.25) is 0 Å². The Bertz CT molecular complexity index is 1250. The molecule has 49 heavy (non-hydrogen) atoms. The van der Waals surface area contributed by atoms with Crippen LogP contribution < -0.4 is 5.32 Å². The Balaban J connectivity index is 3.60. The molecule has 1 N–H and O–H groups in total. The fourth-order valence-corrected chi connectivity index (χ4v) is 4.80. The maximum absolute atomic E-state index is 13.4. The summed E-state index contributed by atoms with van der Waals surface area (Å²) in [6, 6.07) is -1.33. The first-order chi connectivity index (χ1) is 23.0. The SMILES string of the molecule is C#CCO[C@H]1C[C@](OCCCCCC(=O)OC(C)(C)C)(C(=O)OC)O[C@@H]([C@H](OC(C)=O)[C@@H](CN=[N+]=[N-])OC(C)=O)[C@@H]1NC(=O)COC(C)=O. The van der Waals surface area contributed by atoms with Gasteiger partial charge < -0.3 is 43.2 Å². The summed E-state index contributed by atoms with van der Waals surface area (Å²) >= 11 is 0. The lowest BCUT2D eigenvalue weighted by molar-refractivity contribution is -0.315. The lowest BCUT2D eigenvalue weighted by Gasteiger charge is -2.48. The van der Waals surface area contributed by atoms with Crippen molar-refractivity contribution in [1.29, 1.82) is 0 Å². The molecule has 0 saturated carbocycles. The van der Waals surface area contributed by atoms with Crippen molar-refractivity contribution in [2.75, 3.05) is 33.5 Å². The van der Waals surface area contributed by atoms with Crippen molar-refractivity contribution >= 4 is 35.8 Å². The highest BCUT2D eigenvalue weighted by Crippen LogP contribution is 2.37. The highest BCUT2D eigenvalue weighted by Gasteiger charge is 2.58. The standard InChI is InChI=1S/C31H46N4O14/c1-9-14-43-22-16-31(29(41)42-8,45-15-12-10-11-13-25(40)48-30(5,6)7)49-28(26(22)34-24(39)18-44-19(2)36)27(47-21(4)38)23(17-33-35-32)46-20(3)37/h1,22-23,26-28H,10-18H2,2-8H3,(H,34,39)/t22-,23+,26+,27+,28+,31+/m0/s1. The molecule has 18 nitrogen and oxygen atoms in total. The van der Waals surface area contributed by atoms with Gasteiger partial charge in [0.25, 0.3) is 11.7 Å². The zero-order chi connectivity index (χ0) is 37.2. The first-order valence-corrected chi connectivity index (χ1v) is 15.4. The van der Waals surface area contributed by atoms with Crippen LogP contribution in [0.15, 0.2) is 5.11 Å². The van der Waals surface area contributed by atoms with Gasteiger partial charge in [0, 0.05) is 38.5 Å². The molecular formula is C31H46N4O14. The summed E-state index contributed by atoms with van der Waals surface area (Å²) in [4.78, 5) is 77.0. The molecule has 0 spiro atoms. The maximum Gasteiger partial charge on any atom is 0.366 e. The monoisotopic (exact) mass is 698 g/mol. The number of carbonyl (C=O) groups is 6. The Labute approximate surface area is 284 Å². The van der Waals surface area contributed by atoms with Crippen LogP contribution in [-0.2, 0) is 66.7 Å². The topological polar surface area (TPSA) is 237 Å².